The minimum Gasteiger partial charge on any atom is -0.318 e. The van der Waals surface area contributed by atoms with Gasteiger partial charge >= 0.3 is 0 Å². The van der Waals surface area contributed by atoms with Crippen molar-refractivity contribution in [2.45, 2.75) is 51.9 Å². The second-order valence-electron chi connectivity index (χ2n) is 8.07. The molecule has 4 heterocycles. The molecule has 0 aliphatic rings. The standard InChI is InChI=1S/C21H23N11O2/c1-3-14(7-29-12-25-26-13-29)30-10-22-18-6-17-19(5-16(18)20(30)33)23-11-31(21(17)34)15(4-2)8-32-27-9-24-28-32/h5-6,9-15H,3-4,7-8H2,1-2H3/t14-,15-/m1/s1. The van der Waals surface area contributed by atoms with Gasteiger partial charge in [-0.2, -0.15) is 4.80 Å². The highest BCUT2D eigenvalue weighted by Gasteiger charge is 2.18. The van der Waals surface area contributed by atoms with Crippen LogP contribution in [0.5, 0.6) is 0 Å². The summed E-state index contributed by atoms with van der Waals surface area (Å²) in [6, 6.07) is 2.97. The Bertz CT molecular complexity index is 1420. The minimum absolute atomic E-state index is 0.118. The molecule has 13 nitrogen and oxygen atoms in total. The second kappa shape index (κ2) is 8.92. The molecular weight excluding hydrogens is 438 g/mol. The van der Waals surface area contributed by atoms with Crippen LogP contribution in [0.1, 0.15) is 38.8 Å². The van der Waals surface area contributed by atoms with Crippen molar-refractivity contribution in [1.82, 2.24) is 54.1 Å². The molecule has 0 unspecified atom stereocenters. The first-order valence-corrected chi connectivity index (χ1v) is 11.0. The van der Waals surface area contributed by atoms with Crippen molar-refractivity contribution in [3.63, 3.8) is 0 Å². The minimum atomic E-state index is -0.205. The molecule has 0 fully saturated rings. The third kappa shape index (κ3) is 3.84. The van der Waals surface area contributed by atoms with E-state index in [-0.39, 0.29) is 23.2 Å². The maximum absolute atomic E-state index is 13.3. The summed E-state index contributed by atoms with van der Waals surface area (Å²) in [5.41, 5.74) is 0.520. The molecule has 13 heteroatoms. The maximum Gasteiger partial charge on any atom is 0.261 e. The Labute approximate surface area is 192 Å². The fourth-order valence-corrected chi connectivity index (χ4v) is 4.13. The lowest BCUT2D eigenvalue weighted by atomic mass is 10.1. The first kappa shape index (κ1) is 21.6. The average Bonchev–Trinajstić information content (AvgIpc) is 3.56. The highest BCUT2D eigenvalue weighted by atomic mass is 16.1. The number of hydrogen-bond acceptors (Lipinski definition) is 9. The first-order valence-electron chi connectivity index (χ1n) is 11.0. The van der Waals surface area contributed by atoms with Gasteiger partial charge in [0.15, 0.2) is 6.33 Å². The predicted octanol–water partition coefficient (Wildman–Crippen LogP) is 0.987. The van der Waals surface area contributed by atoms with E-state index in [2.05, 4.69) is 35.6 Å². The quantitative estimate of drug-likeness (QED) is 0.309. The van der Waals surface area contributed by atoms with Crippen LogP contribution in [0.15, 0.2) is 53.4 Å². The Kier molecular flexibility index (Phi) is 5.65. The largest absolute Gasteiger partial charge is 0.318 e. The van der Waals surface area contributed by atoms with Crippen LogP contribution in [-0.2, 0) is 13.1 Å². The molecule has 5 rings (SSSR count). The third-order valence-electron chi connectivity index (χ3n) is 6.07. The van der Waals surface area contributed by atoms with Crippen LogP contribution in [0.3, 0.4) is 0 Å². The lowest BCUT2D eigenvalue weighted by Gasteiger charge is -2.19. The van der Waals surface area contributed by atoms with Crippen molar-refractivity contribution in [1.29, 1.82) is 0 Å². The van der Waals surface area contributed by atoms with Gasteiger partial charge < -0.3 is 4.57 Å². The molecule has 0 radical (unpaired) electrons. The molecule has 34 heavy (non-hydrogen) atoms. The molecule has 0 saturated heterocycles. The van der Waals surface area contributed by atoms with Gasteiger partial charge in [-0.3, -0.25) is 18.7 Å². The van der Waals surface area contributed by atoms with E-state index in [1.807, 2.05) is 18.4 Å². The zero-order valence-corrected chi connectivity index (χ0v) is 18.8. The number of benzene rings is 1. The van der Waals surface area contributed by atoms with E-state index in [1.165, 1.54) is 23.8 Å². The van der Waals surface area contributed by atoms with Crippen molar-refractivity contribution in [3.05, 3.63) is 64.5 Å². The Hall–Kier alpha value is -4.29. The first-order chi connectivity index (χ1) is 16.6. The number of rotatable bonds is 8. The number of aromatic nitrogens is 11. The van der Waals surface area contributed by atoms with Crippen LogP contribution >= 0.6 is 0 Å². The van der Waals surface area contributed by atoms with Crippen LogP contribution in [0.2, 0.25) is 0 Å². The highest BCUT2D eigenvalue weighted by molar-refractivity contribution is 5.93. The van der Waals surface area contributed by atoms with Gasteiger partial charge in [0, 0.05) is 6.54 Å². The van der Waals surface area contributed by atoms with E-state index in [0.717, 1.165) is 6.42 Å². The van der Waals surface area contributed by atoms with E-state index >= 15 is 0 Å². The third-order valence-corrected chi connectivity index (χ3v) is 6.07. The molecule has 0 bridgehead atoms. The molecule has 0 amide bonds. The van der Waals surface area contributed by atoms with Crippen LogP contribution in [-0.4, -0.2) is 54.1 Å². The molecule has 0 N–H and O–H groups in total. The molecule has 0 aliphatic heterocycles. The van der Waals surface area contributed by atoms with Crippen molar-refractivity contribution in [3.8, 4) is 0 Å². The number of fused-ring (bicyclic) bond motifs is 2. The summed E-state index contributed by atoms with van der Waals surface area (Å²) < 4.78 is 5.02. The second-order valence-corrected chi connectivity index (χ2v) is 8.07. The van der Waals surface area contributed by atoms with Gasteiger partial charge in [-0.1, -0.05) is 13.8 Å². The predicted molar refractivity (Wildman–Crippen MR) is 122 cm³/mol. The summed E-state index contributed by atoms with van der Waals surface area (Å²) >= 11 is 0. The lowest BCUT2D eigenvalue weighted by molar-refractivity contribution is 0.357. The van der Waals surface area contributed by atoms with Crippen LogP contribution in [0.25, 0.3) is 21.8 Å². The smallest absolute Gasteiger partial charge is 0.261 e. The van der Waals surface area contributed by atoms with Gasteiger partial charge in [-0.15, -0.1) is 20.4 Å². The van der Waals surface area contributed by atoms with Gasteiger partial charge in [-0.05, 0) is 30.2 Å². The lowest BCUT2D eigenvalue weighted by Crippen LogP contribution is -2.29. The molecule has 0 aliphatic carbocycles. The Morgan fingerprint density at radius 3 is 1.82 bits per heavy atom. The van der Waals surface area contributed by atoms with Crippen LogP contribution < -0.4 is 11.1 Å². The van der Waals surface area contributed by atoms with E-state index in [0.29, 0.717) is 41.3 Å². The summed E-state index contributed by atoms with van der Waals surface area (Å²) in [5, 5.41) is 20.1. The molecule has 0 spiro atoms. The summed E-state index contributed by atoms with van der Waals surface area (Å²) in [6.45, 7) is 4.93. The zero-order chi connectivity index (χ0) is 23.7. The Balaban J connectivity index is 1.56. The van der Waals surface area contributed by atoms with Crippen molar-refractivity contribution in [2.75, 3.05) is 0 Å². The number of hydrogen-bond donors (Lipinski definition) is 0. The summed E-state index contributed by atoms with van der Waals surface area (Å²) in [4.78, 5) is 37.1. The Morgan fingerprint density at radius 2 is 1.32 bits per heavy atom. The van der Waals surface area contributed by atoms with E-state index in [9.17, 15) is 9.59 Å². The maximum atomic E-state index is 13.3. The summed E-state index contributed by atoms with van der Waals surface area (Å²) in [5.74, 6) is 0. The molecule has 2 atom stereocenters. The van der Waals surface area contributed by atoms with Gasteiger partial charge in [-0.25, -0.2) is 9.97 Å². The number of tetrazole rings is 1. The van der Waals surface area contributed by atoms with Crippen molar-refractivity contribution in [2.24, 2.45) is 0 Å². The van der Waals surface area contributed by atoms with E-state index in [4.69, 9.17) is 0 Å². The molecular formula is C21H23N11O2. The Morgan fingerprint density at radius 1 is 0.765 bits per heavy atom. The molecule has 5 aromatic rings. The van der Waals surface area contributed by atoms with Crippen LogP contribution in [0.4, 0.5) is 0 Å². The number of nitrogens with zero attached hydrogens (tertiary/aromatic N) is 11. The monoisotopic (exact) mass is 461 g/mol. The van der Waals surface area contributed by atoms with Gasteiger partial charge in [0.25, 0.3) is 11.1 Å². The van der Waals surface area contributed by atoms with Gasteiger partial charge in [0.2, 0.25) is 0 Å². The molecule has 4 aromatic heterocycles. The molecule has 0 saturated carbocycles. The summed E-state index contributed by atoms with van der Waals surface area (Å²) in [6.07, 6.45) is 9.04. The zero-order valence-electron chi connectivity index (χ0n) is 18.8. The van der Waals surface area contributed by atoms with E-state index in [1.54, 1.807) is 33.9 Å². The average molecular weight is 461 g/mol. The van der Waals surface area contributed by atoms with Gasteiger partial charge in [0.1, 0.15) is 12.7 Å². The molecule has 1 aromatic carbocycles. The topological polar surface area (TPSA) is 144 Å². The SMILES string of the molecule is CC[C@H](Cn1cnnc1)n1cnc2cc3c(=O)n([C@H](CC)Cn4ncnn4)cnc3cc2c1=O. The molecule has 174 valence electrons. The fraction of sp³-hybridized carbons (Fsp3) is 0.381. The van der Waals surface area contributed by atoms with E-state index < -0.39 is 0 Å². The van der Waals surface area contributed by atoms with Crippen molar-refractivity contribution >= 4 is 21.8 Å². The van der Waals surface area contributed by atoms with Crippen molar-refractivity contribution < 1.29 is 0 Å². The summed E-state index contributed by atoms with van der Waals surface area (Å²) in [7, 11) is 0. The highest BCUT2D eigenvalue weighted by Crippen LogP contribution is 2.19. The fourth-order valence-electron chi connectivity index (χ4n) is 4.13. The van der Waals surface area contributed by atoms with Crippen LogP contribution in [0, 0.1) is 0 Å². The van der Waals surface area contributed by atoms with Gasteiger partial charge in [0.05, 0.1) is 53.1 Å². The normalized spacial score (nSPS) is 13.5.